The molecule has 0 saturated heterocycles. The summed E-state index contributed by atoms with van der Waals surface area (Å²) in [5.41, 5.74) is 2.37. The van der Waals surface area contributed by atoms with Gasteiger partial charge in [-0.25, -0.2) is 4.98 Å². The summed E-state index contributed by atoms with van der Waals surface area (Å²) in [4.78, 5) is 19.5. The molecule has 1 aliphatic rings. The minimum atomic E-state index is -0.0471. The van der Waals surface area contributed by atoms with Crippen LogP contribution in [0.5, 0.6) is 0 Å². The highest BCUT2D eigenvalue weighted by molar-refractivity contribution is 5.97. The molecule has 0 aliphatic heterocycles. The number of imidazole rings is 1. The Labute approximate surface area is 117 Å². The number of rotatable bonds is 3. The van der Waals surface area contributed by atoms with E-state index in [4.69, 9.17) is 4.74 Å². The van der Waals surface area contributed by atoms with Crippen molar-refractivity contribution in [1.29, 1.82) is 0 Å². The highest BCUT2D eigenvalue weighted by atomic mass is 16.5. The van der Waals surface area contributed by atoms with E-state index in [1.54, 1.807) is 19.5 Å². The summed E-state index contributed by atoms with van der Waals surface area (Å²) in [7, 11) is 1.72. The van der Waals surface area contributed by atoms with Gasteiger partial charge in [-0.3, -0.25) is 4.79 Å². The van der Waals surface area contributed by atoms with Gasteiger partial charge >= 0.3 is 0 Å². The van der Waals surface area contributed by atoms with Gasteiger partial charge in [0, 0.05) is 24.1 Å². The summed E-state index contributed by atoms with van der Waals surface area (Å²) in [6, 6.07) is 5.64. The van der Waals surface area contributed by atoms with Crippen LogP contribution in [0.25, 0.3) is 11.0 Å². The lowest BCUT2D eigenvalue weighted by Crippen LogP contribution is -2.61. The first-order chi connectivity index (χ1) is 9.52. The molecule has 5 nitrogen and oxygen atoms in total. The number of hydrogen-bond donors (Lipinski definition) is 2. The van der Waals surface area contributed by atoms with Gasteiger partial charge in [0.25, 0.3) is 5.91 Å². The molecule has 1 amide bonds. The van der Waals surface area contributed by atoms with Crippen molar-refractivity contribution in [2.45, 2.75) is 32.4 Å². The maximum atomic E-state index is 12.3. The number of methoxy groups -OCH3 is 1. The Balaban J connectivity index is 1.73. The summed E-state index contributed by atoms with van der Waals surface area (Å²) < 4.78 is 5.40. The molecule has 1 aliphatic carbocycles. The molecule has 1 heterocycles. The number of aromatic nitrogens is 2. The zero-order valence-corrected chi connectivity index (χ0v) is 11.9. The molecule has 1 aromatic heterocycles. The number of nitrogens with one attached hydrogen (secondary N) is 2. The SMILES string of the molecule is COC1CC(NC(=O)c2ccc3nc[nH]c3c2)C1(C)C. The smallest absolute Gasteiger partial charge is 0.251 e. The Bertz CT molecular complexity index is 647. The number of fused-ring (bicyclic) bond motifs is 1. The average molecular weight is 273 g/mol. The van der Waals surface area contributed by atoms with Crippen LogP contribution in [0.1, 0.15) is 30.6 Å². The minimum absolute atomic E-state index is 0.0253. The number of benzene rings is 1. The average Bonchev–Trinajstić information content (AvgIpc) is 2.89. The molecule has 0 bridgehead atoms. The van der Waals surface area contributed by atoms with E-state index in [2.05, 4.69) is 29.1 Å². The molecule has 2 atom stereocenters. The van der Waals surface area contributed by atoms with Gasteiger partial charge in [-0.2, -0.15) is 0 Å². The molecule has 1 saturated carbocycles. The monoisotopic (exact) mass is 273 g/mol. The molecule has 1 fully saturated rings. The van der Waals surface area contributed by atoms with Crippen LogP contribution in [0.2, 0.25) is 0 Å². The topological polar surface area (TPSA) is 67.0 Å². The summed E-state index contributed by atoms with van der Waals surface area (Å²) in [6.07, 6.45) is 2.70. The van der Waals surface area contributed by atoms with Gasteiger partial charge in [-0.15, -0.1) is 0 Å². The van der Waals surface area contributed by atoms with Crippen molar-refractivity contribution in [2.75, 3.05) is 7.11 Å². The van der Waals surface area contributed by atoms with Crippen molar-refractivity contribution in [1.82, 2.24) is 15.3 Å². The van der Waals surface area contributed by atoms with Gasteiger partial charge < -0.3 is 15.0 Å². The van der Waals surface area contributed by atoms with E-state index < -0.39 is 0 Å². The fourth-order valence-corrected chi connectivity index (χ4v) is 2.85. The zero-order chi connectivity index (χ0) is 14.3. The molecule has 2 N–H and O–H groups in total. The number of aromatic amines is 1. The lowest BCUT2D eigenvalue weighted by molar-refractivity contribution is -0.0942. The third-order valence-electron chi connectivity index (χ3n) is 4.45. The van der Waals surface area contributed by atoms with E-state index in [1.165, 1.54) is 0 Å². The van der Waals surface area contributed by atoms with E-state index >= 15 is 0 Å². The highest BCUT2D eigenvalue weighted by Crippen LogP contribution is 2.42. The van der Waals surface area contributed by atoms with Crippen molar-refractivity contribution in [3.05, 3.63) is 30.1 Å². The first-order valence-electron chi connectivity index (χ1n) is 6.79. The Kier molecular flexibility index (Phi) is 3.01. The first-order valence-corrected chi connectivity index (χ1v) is 6.79. The van der Waals surface area contributed by atoms with E-state index in [1.807, 2.05) is 12.1 Å². The van der Waals surface area contributed by atoms with Gasteiger partial charge in [0.15, 0.2) is 0 Å². The molecule has 2 aromatic rings. The Morgan fingerprint density at radius 1 is 1.50 bits per heavy atom. The van der Waals surface area contributed by atoms with Gasteiger partial charge in [0.2, 0.25) is 0 Å². The van der Waals surface area contributed by atoms with Crippen LogP contribution in [0.3, 0.4) is 0 Å². The number of carbonyl (C=O) groups is 1. The minimum Gasteiger partial charge on any atom is -0.381 e. The fourth-order valence-electron chi connectivity index (χ4n) is 2.85. The highest BCUT2D eigenvalue weighted by Gasteiger charge is 2.49. The molecule has 106 valence electrons. The molecule has 1 aromatic carbocycles. The van der Waals surface area contributed by atoms with Gasteiger partial charge in [0.05, 0.1) is 23.5 Å². The number of hydrogen-bond acceptors (Lipinski definition) is 3. The number of amides is 1. The van der Waals surface area contributed by atoms with Crippen molar-refractivity contribution >= 4 is 16.9 Å². The predicted octanol–water partition coefficient (Wildman–Crippen LogP) is 2.11. The van der Waals surface area contributed by atoms with Crippen LogP contribution in [-0.2, 0) is 4.74 Å². The Morgan fingerprint density at radius 3 is 3.00 bits per heavy atom. The number of ether oxygens (including phenoxy) is 1. The van der Waals surface area contributed by atoms with Crippen LogP contribution < -0.4 is 5.32 Å². The van der Waals surface area contributed by atoms with Crippen molar-refractivity contribution in [3.8, 4) is 0 Å². The molecular formula is C15H19N3O2. The van der Waals surface area contributed by atoms with Crippen molar-refractivity contribution < 1.29 is 9.53 Å². The first kappa shape index (κ1) is 13.1. The molecule has 3 rings (SSSR count). The number of H-pyrrole nitrogens is 1. The lowest BCUT2D eigenvalue weighted by Gasteiger charge is -2.51. The molecule has 20 heavy (non-hydrogen) atoms. The van der Waals surface area contributed by atoms with Crippen LogP contribution in [0, 0.1) is 5.41 Å². The largest absolute Gasteiger partial charge is 0.381 e. The Hall–Kier alpha value is -1.88. The predicted molar refractivity (Wildman–Crippen MR) is 76.5 cm³/mol. The number of carbonyl (C=O) groups excluding carboxylic acids is 1. The van der Waals surface area contributed by atoms with Crippen LogP contribution >= 0.6 is 0 Å². The van der Waals surface area contributed by atoms with E-state index in [0.29, 0.717) is 5.56 Å². The third-order valence-corrected chi connectivity index (χ3v) is 4.45. The van der Waals surface area contributed by atoms with E-state index in [0.717, 1.165) is 17.5 Å². The molecular weight excluding hydrogens is 254 g/mol. The Morgan fingerprint density at radius 2 is 2.30 bits per heavy atom. The van der Waals surface area contributed by atoms with E-state index in [9.17, 15) is 4.79 Å². The normalized spacial score (nSPS) is 24.4. The van der Waals surface area contributed by atoms with Gasteiger partial charge in [-0.05, 0) is 24.6 Å². The summed E-state index contributed by atoms with van der Waals surface area (Å²) in [6.45, 7) is 4.24. The molecule has 0 radical (unpaired) electrons. The summed E-state index contributed by atoms with van der Waals surface area (Å²) >= 11 is 0. The molecule has 0 spiro atoms. The second kappa shape index (κ2) is 4.59. The maximum absolute atomic E-state index is 12.3. The van der Waals surface area contributed by atoms with Crippen molar-refractivity contribution in [2.24, 2.45) is 5.41 Å². The summed E-state index contributed by atoms with van der Waals surface area (Å²) in [5.74, 6) is -0.0471. The van der Waals surface area contributed by atoms with Crippen LogP contribution in [-0.4, -0.2) is 35.1 Å². The number of nitrogens with zero attached hydrogens (tertiary/aromatic N) is 1. The second-order valence-corrected chi connectivity index (χ2v) is 5.94. The van der Waals surface area contributed by atoms with Crippen LogP contribution in [0.15, 0.2) is 24.5 Å². The zero-order valence-electron chi connectivity index (χ0n) is 11.9. The molecule has 2 unspecified atom stereocenters. The molecule has 5 heteroatoms. The quantitative estimate of drug-likeness (QED) is 0.900. The summed E-state index contributed by atoms with van der Waals surface area (Å²) in [5, 5.41) is 3.09. The standard InChI is InChI=1S/C15H19N3O2/c1-15(2)12(7-13(15)20-3)18-14(19)9-4-5-10-11(6-9)17-8-16-10/h4-6,8,12-13H,7H2,1-3H3,(H,16,17)(H,18,19). The van der Waals surface area contributed by atoms with Gasteiger partial charge in [0.1, 0.15) is 0 Å². The lowest BCUT2D eigenvalue weighted by atomic mass is 9.64. The van der Waals surface area contributed by atoms with Crippen LogP contribution in [0.4, 0.5) is 0 Å². The second-order valence-electron chi connectivity index (χ2n) is 5.94. The van der Waals surface area contributed by atoms with E-state index in [-0.39, 0.29) is 23.5 Å². The van der Waals surface area contributed by atoms with Crippen molar-refractivity contribution in [3.63, 3.8) is 0 Å². The van der Waals surface area contributed by atoms with Gasteiger partial charge in [-0.1, -0.05) is 13.8 Å². The third kappa shape index (κ3) is 1.98. The maximum Gasteiger partial charge on any atom is 0.251 e. The fraction of sp³-hybridized carbons (Fsp3) is 0.467.